The summed E-state index contributed by atoms with van der Waals surface area (Å²) in [6.07, 6.45) is 0.570. The van der Waals surface area contributed by atoms with Gasteiger partial charge in [0.1, 0.15) is 5.76 Å². The average Bonchev–Trinajstić information content (AvgIpc) is 3.08. The molecule has 0 aliphatic carbocycles. The van der Waals surface area contributed by atoms with Crippen molar-refractivity contribution in [2.75, 3.05) is 34.5 Å². The molecule has 176 valence electrons. The molecule has 2 aromatic carbocycles. The van der Waals surface area contributed by atoms with Gasteiger partial charge in [-0.3, -0.25) is 9.59 Å². The molecule has 1 fully saturated rings. The number of ketones is 1. The Morgan fingerprint density at radius 2 is 1.67 bits per heavy atom. The molecule has 0 aromatic heterocycles. The second-order valence-electron chi connectivity index (χ2n) is 8.23. The first kappa shape index (κ1) is 24.3. The van der Waals surface area contributed by atoms with Gasteiger partial charge < -0.3 is 24.2 Å². The van der Waals surface area contributed by atoms with Crippen LogP contribution in [-0.4, -0.2) is 56.2 Å². The van der Waals surface area contributed by atoms with Gasteiger partial charge >= 0.3 is 0 Å². The minimum atomic E-state index is -0.711. The summed E-state index contributed by atoms with van der Waals surface area (Å²) in [6.45, 7) is 4.99. The molecule has 1 aliphatic heterocycles. The number of likely N-dealkylation sites (tertiary alicyclic amines) is 1. The summed E-state index contributed by atoms with van der Waals surface area (Å²) in [4.78, 5) is 27.6. The molecule has 0 spiro atoms. The van der Waals surface area contributed by atoms with Crippen molar-refractivity contribution in [2.45, 2.75) is 32.2 Å². The lowest BCUT2D eigenvalue weighted by Gasteiger charge is -2.25. The van der Waals surface area contributed by atoms with Crippen molar-refractivity contribution in [3.63, 3.8) is 0 Å². The van der Waals surface area contributed by atoms with E-state index in [1.54, 1.807) is 25.3 Å². The van der Waals surface area contributed by atoms with Gasteiger partial charge in [-0.2, -0.15) is 0 Å². The van der Waals surface area contributed by atoms with Crippen LogP contribution in [0.3, 0.4) is 0 Å². The normalized spacial score (nSPS) is 17.6. The molecule has 1 saturated heterocycles. The first-order valence-corrected chi connectivity index (χ1v) is 10.9. The van der Waals surface area contributed by atoms with Crippen molar-refractivity contribution in [3.8, 4) is 11.5 Å². The van der Waals surface area contributed by atoms with Gasteiger partial charge in [0.05, 0.1) is 25.8 Å². The number of carbonyl (C=O) groups is 2. The molecule has 1 unspecified atom stereocenters. The first-order valence-electron chi connectivity index (χ1n) is 10.9. The molecule has 7 nitrogen and oxygen atoms in total. The predicted octanol–water partition coefficient (Wildman–Crippen LogP) is 4.29. The van der Waals surface area contributed by atoms with Crippen molar-refractivity contribution in [1.29, 1.82) is 0 Å². The number of nitrogens with zero attached hydrogens (tertiary/aromatic N) is 1. The van der Waals surface area contributed by atoms with E-state index in [2.05, 4.69) is 13.8 Å². The zero-order valence-corrected chi connectivity index (χ0v) is 19.8. The quantitative estimate of drug-likeness (QED) is 0.264. The number of methoxy groups -OCH3 is 3. The van der Waals surface area contributed by atoms with Gasteiger partial charge in [-0.25, -0.2) is 0 Å². The molecule has 33 heavy (non-hydrogen) atoms. The lowest BCUT2D eigenvalue weighted by Crippen LogP contribution is -2.31. The Morgan fingerprint density at radius 1 is 1.00 bits per heavy atom. The number of benzene rings is 2. The minimum Gasteiger partial charge on any atom is -0.507 e. The van der Waals surface area contributed by atoms with Crippen LogP contribution in [0.1, 0.15) is 48.9 Å². The number of amides is 1. The second kappa shape index (κ2) is 10.5. The van der Waals surface area contributed by atoms with E-state index in [0.717, 1.165) is 11.1 Å². The summed E-state index contributed by atoms with van der Waals surface area (Å²) in [6, 6.07) is 12.0. The van der Waals surface area contributed by atoms with Crippen LogP contribution in [0, 0.1) is 0 Å². The molecule has 1 aliphatic rings. The maximum atomic E-state index is 13.1. The third-order valence-electron chi connectivity index (χ3n) is 5.86. The topological polar surface area (TPSA) is 85.3 Å². The maximum Gasteiger partial charge on any atom is 0.295 e. The molecule has 0 bridgehead atoms. The highest BCUT2D eigenvalue weighted by atomic mass is 16.5. The van der Waals surface area contributed by atoms with Gasteiger partial charge in [0.25, 0.3) is 11.7 Å². The monoisotopic (exact) mass is 453 g/mol. The Labute approximate surface area is 194 Å². The van der Waals surface area contributed by atoms with Crippen molar-refractivity contribution >= 4 is 17.4 Å². The molecular formula is C26H31NO6. The number of ether oxygens (including phenoxy) is 3. The molecule has 1 amide bonds. The second-order valence-corrected chi connectivity index (χ2v) is 8.23. The third-order valence-corrected chi connectivity index (χ3v) is 5.86. The fourth-order valence-corrected chi connectivity index (χ4v) is 4.04. The molecule has 3 rings (SSSR count). The van der Waals surface area contributed by atoms with E-state index in [1.165, 1.54) is 19.1 Å². The highest BCUT2D eigenvalue weighted by Crippen LogP contribution is 2.41. The van der Waals surface area contributed by atoms with E-state index in [0.29, 0.717) is 42.6 Å². The number of aliphatic hydroxyl groups excluding tert-OH is 1. The number of hydrogen-bond acceptors (Lipinski definition) is 6. The van der Waals surface area contributed by atoms with Crippen molar-refractivity contribution in [3.05, 3.63) is 64.7 Å². The maximum absolute atomic E-state index is 13.1. The van der Waals surface area contributed by atoms with Crippen LogP contribution in [0.2, 0.25) is 0 Å². The van der Waals surface area contributed by atoms with Crippen LogP contribution in [-0.2, 0) is 14.3 Å². The van der Waals surface area contributed by atoms with Crippen LogP contribution >= 0.6 is 0 Å². The molecular weight excluding hydrogens is 422 g/mol. The van der Waals surface area contributed by atoms with Gasteiger partial charge in [0.15, 0.2) is 11.5 Å². The van der Waals surface area contributed by atoms with Crippen LogP contribution in [0.4, 0.5) is 0 Å². The minimum absolute atomic E-state index is 0.0573. The Balaban J connectivity index is 2.13. The molecule has 1 N–H and O–H groups in total. The van der Waals surface area contributed by atoms with Gasteiger partial charge in [-0.15, -0.1) is 0 Å². The number of hydrogen-bond donors (Lipinski definition) is 1. The van der Waals surface area contributed by atoms with E-state index < -0.39 is 17.7 Å². The number of carbonyl (C=O) groups excluding carboxylic acids is 2. The van der Waals surface area contributed by atoms with Gasteiger partial charge in [-0.05, 0) is 41.7 Å². The molecule has 0 radical (unpaired) electrons. The van der Waals surface area contributed by atoms with Crippen LogP contribution in [0.25, 0.3) is 5.76 Å². The standard InChI is InChI=1S/C26H31NO6/c1-16(2)17-7-9-18(10-8-17)23-22(25(29)26(30)27(23)13-6-14-31-3)24(28)19-11-12-20(32-4)21(15-19)33-5/h7-12,15-16,23,28H,6,13-14H2,1-5H3/b24-22-. The van der Waals surface area contributed by atoms with E-state index in [4.69, 9.17) is 14.2 Å². The molecule has 2 aromatic rings. The summed E-state index contributed by atoms with van der Waals surface area (Å²) >= 11 is 0. The third kappa shape index (κ3) is 4.88. The lowest BCUT2D eigenvalue weighted by atomic mass is 9.93. The van der Waals surface area contributed by atoms with Crippen molar-refractivity contribution in [2.24, 2.45) is 0 Å². The number of Topliss-reactive ketones (excluding diaryl/α,β-unsaturated/α-hetero) is 1. The predicted molar refractivity (Wildman–Crippen MR) is 126 cm³/mol. The van der Waals surface area contributed by atoms with Crippen LogP contribution in [0.5, 0.6) is 11.5 Å². The van der Waals surface area contributed by atoms with E-state index in [1.807, 2.05) is 24.3 Å². The van der Waals surface area contributed by atoms with Crippen LogP contribution in [0.15, 0.2) is 48.0 Å². The smallest absolute Gasteiger partial charge is 0.295 e. The average molecular weight is 454 g/mol. The number of rotatable bonds is 9. The Kier molecular flexibility index (Phi) is 7.76. The molecule has 1 heterocycles. The molecule has 1 atom stereocenters. The summed E-state index contributed by atoms with van der Waals surface area (Å²) in [7, 11) is 4.60. The Hall–Kier alpha value is -3.32. The summed E-state index contributed by atoms with van der Waals surface area (Å²) in [5.74, 6) is -0.340. The van der Waals surface area contributed by atoms with Gasteiger partial charge in [0, 0.05) is 25.8 Å². The van der Waals surface area contributed by atoms with E-state index in [-0.39, 0.29) is 11.3 Å². The van der Waals surface area contributed by atoms with E-state index >= 15 is 0 Å². The summed E-state index contributed by atoms with van der Waals surface area (Å²) in [5.41, 5.74) is 2.33. The summed E-state index contributed by atoms with van der Waals surface area (Å²) in [5, 5.41) is 11.2. The van der Waals surface area contributed by atoms with Gasteiger partial charge in [0.2, 0.25) is 0 Å². The molecule has 0 saturated carbocycles. The zero-order chi connectivity index (χ0) is 24.1. The Morgan fingerprint density at radius 3 is 2.24 bits per heavy atom. The highest BCUT2D eigenvalue weighted by Gasteiger charge is 2.45. The fourth-order valence-electron chi connectivity index (χ4n) is 4.04. The van der Waals surface area contributed by atoms with Crippen molar-refractivity contribution < 1.29 is 28.9 Å². The first-order chi connectivity index (χ1) is 15.8. The van der Waals surface area contributed by atoms with Crippen LogP contribution < -0.4 is 9.47 Å². The fraction of sp³-hybridized carbons (Fsp3) is 0.385. The SMILES string of the molecule is COCCCN1C(=O)C(=O)/C(=C(\O)c2ccc(OC)c(OC)c2)C1c1ccc(C(C)C)cc1. The van der Waals surface area contributed by atoms with E-state index in [9.17, 15) is 14.7 Å². The van der Waals surface area contributed by atoms with Crippen molar-refractivity contribution in [1.82, 2.24) is 4.90 Å². The molecule has 7 heteroatoms. The number of aliphatic hydroxyl groups is 1. The Bertz CT molecular complexity index is 1040. The highest BCUT2D eigenvalue weighted by molar-refractivity contribution is 6.46. The van der Waals surface area contributed by atoms with Gasteiger partial charge in [-0.1, -0.05) is 38.1 Å². The summed E-state index contributed by atoms with van der Waals surface area (Å²) < 4.78 is 15.7. The largest absolute Gasteiger partial charge is 0.507 e. The zero-order valence-electron chi connectivity index (χ0n) is 19.8. The lowest BCUT2D eigenvalue weighted by molar-refractivity contribution is -0.140.